The van der Waals surface area contributed by atoms with Gasteiger partial charge in [0, 0.05) is 6.42 Å². The van der Waals surface area contributed by atoms with Crippen LogP contribution in [0.1, 0.15) is 44.2 Å². The van der Waals surface area contributed by atoms with Crippen molar-refractivity contribution in [1.29, 1.82) is 0 Å². The molecule has 0 bridgehead atoms. The molecule has 0 atom stereocenters. The van der Waals surface area contributed by atoms with E-state index in [-0.39, 0.29) is 12.5 Å². The number of carbonyl (C=O) groups is 2. The van der Waals surface area contributed by atoms with E-state index in [0.29, 0.717) is 24.6 Å². The second-order valence-electron chi connectivity index (χ2n) is 5.27. The molecule has 0 aromatic carbocycles. The molecule has 7 heteroatoms. The minimum Gasteiger partial charge on any atom is -0.480 e. The summed E-state index contributed by atoms with van der Waals surface area (Å²) in [5, 5.41) is 18.9. The highest BCUT2D eigenvalue weighted by Crippen LogP contribution is 2.28. The molecule has 0 spiro atoms. The maximum atomic E-state index is 11.7. The quantitative estimate of drug-likeness (QED) is 0.775. The highest BCUT2D eigenvalue weighted by molar-refractivity contribution is 5.75. The molecule has 20 heavy (non-hydrogen) atoms. The Hall–Kier alpha value is -1.92. The predicted octanol–water partition coefficient (Wildman–Crippen LogP) is 0.949. The fourth-order valence-corrected chi connectivity index (χ4v) is 2.55. The maximum absolute atomic E-state index is 11.7. The minimum atomic E-state index is -0.970. The largest absolute Gasteiger partial charge is 0.480 e. The molecule has 110 valence electrons. The number of hydrogen-bond donors (Lipinski definition) is 2. The topological polar surface area (TPSA) is 97.1 Å². The average molecular weight is 280 g/mol. The van der Waals surface area contributed by atoms with Crippen LogP contribution in [0.25, 0.3) is 0 Å². The van der Waals surface area contributed by atoms with Crippen molar-refractivity contribution in [2.24, 2.45) is 5.92 Å². The molecule has 2 N–H and O–H groups in total. The van der Waals surface area contributed by atoms with Crippen LogP contribution < -0.4 is 5.32 Å². The number of aliphatic carboxylic acids is 1. The molecule has 1 saturated carbocycles. The number of carbonyl (C=O) groups excluding carboxylic acids is 1. The molecule has 7 nitrogen and oxygen atoms in total. The molecule has 0 unspecified atom stereocenters. The lowest BCUT2D eigenvalue weighted by Gasteiger charge is -2.08. The van der Waals surface area contributed by atoms with E-state index < -0.39 is 5.97 Å². The van der Waals surface area contributed by atoms with Crippen LogP contribution in [-0.4, -0.2) is 32.0 Å². The number of amides is 1. The summed E-state index contributed by atoms with van der Waals surface area (Å²) in [6.07, 6.45) is 8.11. The average Bonchev–Trinajstić information content (AvgIpc) is 3.04. The highest BCUT2D eigenvalue weighted by Gasteiger charge is 2.16. The Morgan fingerprint density at radius 3 is 2.85 bits per heavy atom. The molecule has 1 fully saturated rings. The van der Waals surface area contributed by atoms with Gasteiger partial charge in [-0.3, -0.25) is 9.59 Å². The molecule has 0 saturated heterocycles. The van der Waals surface area contributed by atoms with Crippen molar-refractivity contribution in [2.45, 2.75) is 51.6 Å². The Morgan fingerprint density at radius 1 is 1.40 bits per heavy atom. The first-order valence-electron chi connectivity index (χ1n) is 7.01. The van der Waals surface area contributed by atoms with Crippen LogP contribution in [0.15, 0.2) is 6.20 Å². The van der Waals surface area contributed by atoms with Crippen LogP contribution in [0.5, 0.6) is 0 Å². The van der Waals surface area contributed by atoms with Crippen molar-refractivity contribution in [1.82, 2.24) is 20.3 Å². The van der Waals surface area contributed by atoms with Gasteiger partial charge in [-0.15, -0.1) is 5.10 Å². The Morgan fingerprint density at radius 2 is 2.15 bits per heavy atom. The fourth-order valence-electron chi connectivity index (χ4n) is 2.55. The second kappa shape index (κ2) is 7.02. The van der Waals surface area contributed by atoms with Gasteiger partial charge in [0.15, 0.2) is 0 Å². The van der Waals surface area contributed by atoms with E-state index in [4.69, 9.17) is 5.11 Å². The van der Waals surface area contributed by atoms with Gasteiger partial charge in [-0.2, -0.15) is 0 Å². The smallest absolute Gasteiger partial charge is 0.325 e. The zero-order valence-electron chi connectivity index (χ0n) is 11.4. The van der Waals surface area contributed by atoms with Crippen LogP contribution in [0.3, 0.4) is 0 Å². The first kappa shape index (κ1) is 14.5. The molecule has 1 heterocycles. The number of nitrogens with one attached hydrogen (secondary N) is 1. The summed E-state index contributed by atoms with van der Waals surface area (Å²) in [6.45, 7) is 0.0751. The van der Waals surface area contributed by atoms with Crippen LogP contribution in [0.2, 0.25) is 0 Å². The third kappa shape index (κ3) is 4.64. The first-order valence-corrected chi connectivity index (χ1v) is 7.01. The molecular formula is C13H20N4O3. The number of carboxylic acid groups (broad SMARTS) is 1. The summed E-state index contributed by atoms with van der Waals surface area (Å²) in [7, 11) is 0. The standard InChI is InChI=1S/C13H20N4O3/c18-12(6-5-10-3-1-2-4-10)14-7-11-8-17(16-15-11)9-13(19)20/h8,10H,1-7,9H2,(H,14,18)(H,19,20). The summed E-state index contributed by atoms with van der Waals surface area (Å²) in [6, 6.07) is 0. The molecule has 0 radical (unpaired) electrons. The van der Waals surface area contributed by atoms with Gasteiger partial charge in [-0.25, -0.2) is 4.68 Å². The Labute approximate surface area is 117 Å². The van der Waals surface area contributed by atoms with E-state index in [9.17, 15) is 9.59 Å². The first-order chi connectivity index (χ1) is 9.63. The summed E-state index contributed by atoms with van der Waals surface area (Å²) in [5.41, 5.74) is 0.570. The van der Waals surface area contributed by atoms with E-state index in [0.717, 1.165) is 6.42 Å². The highest BCUT2D eigenvalue weighted by atomic mass is 16.4. The molecule has 1 amide bonds. The number of aromatic nitrogens is 3. The van der Waals surface area contributed by atoms with E-state index in [1.54, 1.807) is 0 Å². The van der Waals surface area contributed by atoms with Crippen molar-refractivity contribution in [3.8, 4) is 0 Å². The summed E-state index contributed by atoms with van der Waals surface area (Å²) in [4.78, 5) is 22.2. The van der Waals surface area contributed by atoms with Gasteiger partial charge in [-0.1, -0.05) is 30.9 Å². The predicted molar refractivity (Wildman–Crippen MR) is 70.7 cm³/mol. The van der Waals surface area contributed by atoms with Crippen molar-refractivity contribution in [3.05, 3.63) is 11.9 Å². The number of carboxylic acids is 1. The van der Waals surface area contributed by atoms with Gasteiger partial charge in [0.2, 0.25) is 5.91 Å². The number of hydrogen-bond acceptors (Lipinski definition) is 4. The zero-order valence-corrected chi connectivity index (χ0v) is 11.4. The second-order valence-corrected chi connectivity index (χ2v) is 5.27. The Kier molecular flexibility index (Phi) is 5.09. The van der Waals surface area contributed by atoms with Gasteiger partial charge in [0.05, 0.1) is 12.7 Å². The van der Waals surface area contributed by atoms with E-state index in [2.05, 4.69) is 15.6 Å². The van der Waals surface area contributed by atoms with Gasteiger partial charge in [0.25, 0.3) is 0 Å². The van der Waals surface area contributed by atoms with Gasteiger partial charge >= 0.3 is 5.97 Å². The normalized spacial score (nSPS) is 15.4. The minimum absolute atomic E-state index is 0.0182. The zero-order chi connectivity index (χ0) is 14.4. The molecule has 1 aromatic heterocycles. The lowest BCUT2D eigenvalue weighted by atomic mass is 10.0. The van der Waals surface area contributed by atoms with Crippen LogP contribution >= 0.6 is 0 Å². The fraction of sp³-hybridized carbons (Fsp3) is 0.692. The van der Waals surface area contributed by atoms with Crippen molar-refractivity contribution in [2.75, 3.05) is 0 Å². The lowest BCUT2D eigenvalue weighted by Crippen LogP contribution is -2.23. The van der Waals surface area contributed by atoms with Crippen molar-refractivity contribution in [3.63, 3.8) is 0 Å². The molecule has 2 rings (SSSR count). The molecular weight excluding hydrogens is 260 g/mol. The summed E-state index contributed by atoms with van der Waals surface area (Å²) in [5.74, 6) is -0.246. The molecule has 0 aliphatic heterocycles. The maximum Gasteiger partial charge on any atom is 0.325 e. The SMILES string of the molecule is O=C(O)Cn1cc(CNC(=O)CCC2CCCC2)nn1. The van der Waals surface area contributed by atoms with Gasteiger partial charge in [-0.05, 0) is 12.3 Å². The van der Waals surface area contributed by atoms with Crippen molar-refractivity contribution >= 4 is 11.9 Å². The van der Waals surface area contributed by atoms with Crippen LogP contribution in [-0.2, 0) is 22.7 Å². The number of rotatable bonds is 7. The summed E-state index contributed by atoms with van der Waals surface area (Å²) >= 11 is 0. The van der Waals surface area contributed by atoms with E-state index in [1.165, 1.54) is 36.6 Å². The summed E-state index contributed by atoms with van der Waals surface area (Å²) < 4.78 is 1.24. The molecule has 1 aliphatic carbocycles. The van der Waals surface area contributed by atoms with E-state index >= 15 is 0 Å². The van der Waals surface area contributed by atoms with Gasteiger partial charge in [0.1, 0.15) is 12.2 Å². The van der Waals surface area contributed by atoms with E-state index in [1.807, 2.05) is 0 Å². The van der Waals surface area contributed by atoms with Crippen LogP contribution in [0, 0.1) is 5.92 Å². The monoisotopic (exact) mass is 280 g/mol. The molecule has 1 aromatic rings. The third-order valence-corrected chi connectivity index (χ3v) is 3.60. The Balaban J connectivity index is 1.67. The third-order valence-electron chi connectivity index (χ3n) is 3.60. The Bertz CT molecular complexity index is 466. The van der Waals surface area contributed by atoms with Crippen molar-refractivity contribution < 1.29 is 14.7 Å². The molecule has 1 aliphatic rings. The van der Waals surface area contributed by atoms with Gasteiger partial charge < -0.3 is 10.4 Å². The number of nitrogens with zero attached hydrogens (tertiary/aromatic N) is 3. The lowest BCUT2D eigenvalue weighted by molar-refractivity contribution is -0.138. The van der Waals surface area contributed by atoms with Crippen LogP contribution in [0.4, 0.5) is 0 Å².